The number of benzene rings is 1. The van der Waals surface area contributed by atoms with Crippen LogP contribution in [0.2, 0.25) is 0 Å². The maximum atomic E-state index is 12.4. The Hall–Kier alpha value is -2.08. The second-order valence-electron chi connectivity index (χ2n) is 5.15. The van der Waals surface area contributed by atoms with Gasteiger partial charge in [-0.25, -0.2) is 0 Å². The molecule has 2 amide bonds. The van der Waals surface area contributed by atoms with Crippen molar-refractivity contribution >= 4 is 17.5 Å². The third-order valence-corrected chi connectivity index (χ3v) is 3.61. The number of nitrogens with zero attached hydrogens (tertiary/aromatic N) is 1. The predicted molar refractivity (Wildman–Crippen MR) is 79.8 cm³/mol. The molecule has 6 heteroatoms. The van der Waals surface area contributed by atoms with Crippen molar-refractivity contribution in [1.29, 1.82) is 0 Å². The molecule has 0 radical (unpaired) electrons. The minimum Gasteiger partial charge on any atom is -0.398 e. The number of amides is 2. The molecule has 1 aromatic carbocycles. The highest BCUT2D eigenvalue weighted by atomic mass is 16.5. The molecule has 1 fully saturated rings. The van der Waals surface area contributed by atoms with Crippen molar-refractivity contribution < 1.29 is 14.3 Å². The van der Waals surface area contributed by atoms with Gasteiger partial charge in [0.1, 0.15) is 6.61 Å². The maximum Gasteiger partial charge on any atom is 0.255 e. The number of ether oxygens (including phenoxy) is 1. The zero-order chi connectivity index (χ0) is 15.2. The van der Waals surface area contributed by atoms with E-state index in [-0.39, 0.29) is 24.5 Å². The first kappa shape index (κ1) is 15.3. The third-order valence-electron chi connectivity index (χ3n) is 3.61. The Morgan fingerprint density at radius 3 is 2.62 bits per heavy atom. The van der Waals surface area contributed by atoms with E-state index in [4.69, 9.17) is 10.5 Å². The molecule has 1 aromatic rings. The molecule has 1 heterocycles. The first-order chi connectivity index (χ1) is 10.1. The number of rotatable bonds is 4. The molecule has 0 aromatic heterocycles. The lowest BCUT2D eigenvalue weighted by atomic mass is 10.0. The van der Waals surface area contributed by atoms with Crippen molar-refractivity contribution in [2.45, 2.75) is 18.9 Å². The van der Waals surface area contributed by atoms with E-state index in [1.807, 2.05) is 6.07 Å². The van der Waals surface area contributed by atoms with Crippen LogP contribution in [-0.4, -0.2) is 49.6 Å². The number of likely N-dealkylation sites (tertiary alicyclic amines) is 1. The minimum atomic E-state index is -0.116. The number of hydrogen-bond donors (Lipinski definition) is 2. The third kappa shape index (κ3) is 3.95. The van der Waals surface area contributed by atoms with Crippen LogP contribution >= 0.6 is 0 Å². The summed E-state index contributed by atoms with van der Waals surface area (Å²) < 4.78 is 4.79. The highest BCUT2D eigenvalue weighted by molar-refractivity contribution is 5.99. The second-order valence-corrected chi connectivity index (χ2v) is 5.15. The molecule has 1 saturated heterocycles. The van der Waals surface area contributed by atoms with Gasteiger partial charge in [-0.3, -0.25) is 9.59 Å². The number of piperidine rings is 1. The summed E-state index contributed by atoms with van der Waals surface area (Å²) in [7, 11) is 1.49. The molecular weight excluding hydrogens is 270 g/mol. The Labute approximate surface area is 124 Å². The largest absolute Gasteiger partial charge is 0.398 e. The monoisotopic (exact) mass is 291 g/mol. The molecule has 21 heavy (non-hydrogen) atoms. The first-order valence-corrected chi connectivity index (χ1v) is 7.04. The van der Waals surface area contributed by atoms with Gasteiger partial charge in [0, 0.05) is 31.9 Å². The van der Waals surface area contributed by atoms with Crippen LogP contribution in [0.15, 0.2) is 24.3 Å². The van der Waals surface area contributed by atoms with Gasteiger partial charge in [0.15, 0.2) is 0 Å². The van der Waals surface area contributed by atoms with Crippen LogP contribution in [0, 0.1) is 0 Å². The average Bonchev–Trinajstić information content (AvgIpc) is 2.48. The molecule has 0 bridgehead atoms. The standard InChI is InChI=1S/C15H21N3O3/c1-21-10-14(19)17-11-6-8-18(9-7-11)15(20)12-4-2-3-5-13(12)16/h2-5,11H,6-10,16H2,1H3,(H,17,19). The number of anilines is 1. The van der Waals surface area contributed by atoms with Crippen molar-refractivity contribution in [3.63, 3.8) is 0 Å². The van der Waals surface area contributed by atoms with Crippen LogP contribution in [0.4, 0.5) is 5.69 Å². The predicted octanol–water partition coefficient (Wildman–Crippen LogP) is 0.636. The summed E-state index contributed by atoms with van der Waals surface area (Å²) in [5, 5.41) is 2.90. The van der Waals surface area contributed by atoms with E-state index in [2.05, 4.69) is 5.32 Å². The molecule has 6 nitrogen and oxygen atoms in total. The maximum absolute atomic E-state index is 12.4. The van der Waals surface area contributed by atoms with Crippen LogP contribution in [0.5, 0.6) is 0 Å². The van der Waals surface area contributed by atoms with Crippen molar-refractivity contribution in [2.24, 2.45) is 0 Å². The van der Waals surface area contributed by atoms with Crippen molar-refractivity contribution in [3.05, 3.63) is 29.8 Å². The lowest BCUT2D eigenvalue weighted by Gasteiger charge is -2.32. The summed E-state index contributed by atoms with van der Waals surface area (Å²) in [6.07, 6.45) is 1.49. The van der Waals surface area contributed by atoms with Crippen LogP contribution in [0.25, 0.3) is 0 Å². The smallest absolute Gasteiger partial charge is 0.255 e. The summed E-state index contributed by atoms with van der Waals surface area (Å²) in [5.74, 6) is -0.163. The Kier molecular flexibility index (Phi) is 5.16. The number of hydrogen-bond acceptors (Lipinski definition) is 4. The van der Waals surface area contributed by atoms with E-state index in [0.717, 1.165) is 12.8 Å². The SMILES string of the molecule is COCC(=O)NC1CCN(C(=O)c2ccccc2N)CC1. The number of para-hydroxylation sites is 1. The quantitative estimate of drug-likeness (QED) is 0.797. The Bertz CT molecular complexity index is 511. The number of nitrogen functional groups attached to an aromatic ring is 1. The fourth-order valence-electron chi connectivity index (χ4n) is 2.49. The Morgan fingerprint density at radius 1 is 1.33 bits per heavy atom. The van der Waals surface area contributed by atoms with Gasteiger partial charge in [-0.1, -0.05) is 12.1 Å². The summed E-state index contributed by atoms with van der Waals surface area (Å²) in [4.78, 5) is 25.6. The van der Waals surface area contributed by atoms with Crippen LogP contribution in [-0.2, 0) is 9.53 Å². The lowest BCUT2D eigenvalue weighted by Crippen LogP contribution is -2.47. The number of methoxy groups -OCH3 is 1. The normalized spacial score (nSPS) is 15.8. The molecule has 114 valence electrons. The second kappa shape index (κ2) is 7.08. The summed E-state index contributed by atoms with van der Waals surface area (Å²) in [5.41, 5.74) is 6.88. The van der Waals surface area contributed by atoms with E-state index < -0.39 is 0 Å². The van der Waals surface area contributed by atoms with Gasteiger partial charge in [0.05, 0.1) is 5.56 Å². The number of carbonyl (C=O) groups excluding carboxylic acids is 2. The topological polar surface area (TPSA) is 84.7 Å². The van der Waals surface area contributed by atoms with Crippen molar-refractivity contribution in [2.75, 3.05) is 32.5 Å². The van der Waals surface area contributed by atoms with Gasteiger partial charge in [-0.2, -0.15) is 0 Å². The molecule has 1 aliphatic rings. The number of nitrogens with two attached hydrogens (primary N) is 1. The zero-order valence-electron chi connectivity index (χ0n) is 12.2. The summed E-state index contributed by atoms with van der Waals surface area (Å²) >= 11 is 0. The fraction of sp³-hybridized carbons (Fsp3) is 0.467. The van der Waals surface area contributed by atoms with Gasteiger partial charge < -0.3 is 20.7 Å². The van der Waals surface area contributed by atoms with Crippen LogP contribution in [0.1, 0.15) is 23.2 Å². The van der Waals surface area contributed by atoms with Crippen LogP contribution < -0.4 is 11.1 Å². The molecule has 0 saturated carbocycles. The summed E-state index contributed by atoms with van der Waals surface area (Å²) in [6.45, 7) is 1.30. The Balaban J connectivity index is 1.88. The van der Waals surface area contributed by atoms with Gasteiger partial charge in [0.2, 0.25) is 5.91 Å². The van der Waals surface area contributed by atoms with E-state index in [1.54, 1.807) is 23.1 Å². The van der Waals surface area contributed by atoms with E-state index >= 15 is 0 Å². The highest BCUT2D eigenvalue weighted by Crippen LogP contribution is 2.17. The zero-order valence-corrected chi connectivity index (χ0v) is 12.2. The molecule has 2 rings (SSSR count). The van der Waals surface area contributed by atoms with E-state index in [1.165, 1.54) is 7.11 Å². The van der Waals surface area contributed by atoms with Gasteiger partial charge in [-0.05, 0) is 25.0 Å². The van der Waals surface area contributed by atoms with Gasteiger partial charge >= 0.3 is 0 Å². The molecule has 0 unspecified atom stereocenters. The van der Waals surface area contributed by atoms with Crippen molar-refractivity contribution in [1.82, 2.24) is 10.2 Å². The summed E-state index contributed by atoms with van der Waals surface area (Å²) in [6, 6.07) is 7.19. The number of carbonyl (C=O) groups is 2. The molecule has 0 spiro atoms. The molecule has 3 N–H and O–H groups in total. The van der Waals surface area contributed by atoms with Gasteiger partial charge in [-0.15, -0.1) is 0 Å². The lowest BCUT2D eigenvalue weighted by molar-refractivity contribution is -0.125. The molecule has 0 aliphatic carbocycles. The molecule has 1 aliphatic heterocycles. The first-order valence-electron chi connectivity index (χ1n) is 7.04. The van der Waals surface area contributed by atoms with E-state index in [9.17, 15) is 9.59 Å². The van der Waals surface area contributed by atoms with Crippen molar-refractivity contribution in [3.8, 4) is 0 Å². The fourth-order valence-corrected chi connectivity index (χ4v) is 2.49. The highest BCUT2D eigenvalue weighted by Gasteiger charge is 2.25. The molecule has 0 atom stereocenters. The van der Waals surface area contributed by atoms with Crippen LogP contribution in [0.3, 0.4) is 0 Å². The molecular formula is C15H21N3O3. The van der Waals surface area contributed by atoms with Gasteiger partial charge in [0.25, 0.3) is 5.91 Å². The minimum absolute atomic E-state index is 0.0465. The number of nitrogens with one attached hydrogen (secondary N) is 1. The average molecular weight is 291 g/mol. The van der Waals surface area contributed by atoms with E-state index in [0.29, 0.717) is 24.3 Å². The Morgan fingerprint density at radius 2 is 2.00 bits per heavy atom.